The van der Waals surface area contributed by atoms with Crippen LogP contribution in [0, 0.1) is 0 Å². The summed E-state index contributed by atoms with van der Waals surface area (Å²) in [6.07, 6.45) is 1.92. The van der Waals surface area contributed by atoms with Gasteiger partial charge in [-0.3, -0.25) is 4.79 Å². The van der Waals surface area contributed by atoms with E-state index in [4.69, 9.17) is 11.6 Å². The lowest BCUT2D eigenvalue weighted by molar-refractivity contribution is 0.0755. The topological polar surface area (TPSA) is 38.1 Å². The number of halogens is 1. The lowest BCUT2D eigenvalue weighted by Gasteiger charge is -2.21. The second-order valence-corrected chi connectivity index (χ2v) is 5.27. The van der Waals surface area contributed by atoms with E-state index in [1.165, 1.54) is 0 Å². The Morgan fingerprint density at radius 3 is 2.55 bits per heavy atom. The number of nitrogens with zero attached hydrogens (tertiary/aromatic N) is 3. The van der Waals surface area contributed by atoms with Gasteiger partial charge in [-0.25, -0.2) is 4.98 Å². The second-order valence-electron chi connectivity index (χ2n) is 4.94. The van der Waals surface area contributed by atoms with Crippen molar-refractivity contribution >= 4 is 28.5 Å². The Morgan fingerprint density at radius 2 is 1.95 bits per heavy atom. The van der Waals surface area contributed by atoms with Crippen molar-refractivity contribution in [1.29, 1.82) is 0 Å². The number of hydrogen-bond acceptors (Lipinski definition) is 2. The van der Waals surface area contributed by atoms with Crippen molar-refractivity contribution in [2.45, 2.75) is 26.7 Å². The molecule has 0 unspecified atom stereocenters. The zero-order chi connectivity index (χ0) is 14.7. The molecule has 2 aromatic rings. The van der Waals surface area contributed by atoms with Crippen LogP contribution in [-0.4, -0.2) is 33.4 Å². The molecule has 1 heterocycles. The number of amides is 1. The normalized spacial score (nSPS) is 11.0. The molecule has 0 aliphatic rings. The number of fused-ring (bicyclic) bond motifs is 1. The number of carbonyl (C=O) groups excluding carboxylic acids is 1. The highest BCUT2D eigenvalue weighted by Gasteiger charge is 2.16. The Hall–Kier alpha value is -1.55. The number of carbonyl (C=O) groups is 1. The third kappa shape index (κ3) is 2.80. The fourth-order valence-electron chi connectivity index (χ4n) is 2.34. The van der Waals surface area contributed by atoms with E-state index < -0.39 is 0 Å². The molecule has 1 aromatic heterocycles. The van der Waals surface area contributed by atoms with E-state index in [2.05, 4.69) is 18.8 Å². The molecule has 0 aliphatic carbocycles. The average molecular weight is 294 g/mol. The first-order chi connectivity index (χ1) is 9.58. The molecule has 20 heavy (non-hydrogen) atoms. The molecule has 0 radical (unpaired) electrons. The summed E-state index contributed by atoms with van der Waals surface area (Å²) in [6, 6.07) is 5.57. The molecule has 108 valence electrons. The van der Waals surface area contributed by atoms with E-state index in [9.17, 15) is 4.79 Å². The first kappa shape index (κ1) is 14.9. The molecule has 0 fully saturated rings. The summed E-state index contributed by atoms with van der Waals surface area (Å²) >= 11 is 6.00. The minimum absolute atomic E-state index is 0.0670. The van der Waals surface area contributed by atoms with Crippen LogP contribution >= 0.6 is 11.6 Å². The minimum atomic E-state index is 0.0670. The highest BCUT2D eigenvalue weighted by molar-refractivity contribution is 6.29. The monoisotopic (exact) mass is 293 g/mol. The van der Waals surface area contributed by atoms with Crippen LogP contribution in [0.25, 0.3) is 11.0 Å². The van der Waals surface area contributed by atoms with Crippen LogP contribution in [0.2, 0.25) is 5.28 Å². The predicted molar refractivity (Wildman–Crippen MR) is 82.2 cm³/mol. The molecule has 2 rings (SSSR count). The fourth-order valence-corrected chi connectivity index (χ4v) is 2.52. The van der Waals surface area contributed by atoms with Crippen molar-refractivity contribution in [3.63, 3.8) is 0 Å². The third-order valence-corrected chi connectivity index (χ3v) is 3.69. The van der Waals surface area contributed by atoms with Crippen molar-refractivity contribution in [2.75, 3.05) is 13.1 Å². The Labute approximate surface area is 124 Å². The van der Waals surface area contributed by atoms with Gasteiger partial charge in [0.05, 0.1) is 11.0 Å². The van der Waals surface area contributed by atoms with Gasteiger partial charge in [-0.15, -0.1) is 0 Å². The molecule has 1 aromatic carbocycles. The van der Waals surface area contributed by atoms with E-state index in [0.717, 1.165) is 37.0 Å². The minimum Gasteiger partial charge on any atom is -0.339 e. The Morgan fingerprint density at radius 1 is 1.30 bits per heavy atom. The Balaban J connectivity index is 2.34. The van der Waals surface area contributed by atoms with Crippen molar-refractivity contribution < 1.29 is 4.79 Å². The largest absolute Gasteiger partial charge is 0.339 e. The summed E-state index contributed by atoms with van der Waals surface area (Å²) in [4.78, 5) is 18.7. The molecule has 0 aliphatic heterocycles. The number of hydrogen-bond donors (Lipinski definition) is 0. The van der Waals surface area contributed by atoms with E-state index in [0.29, 0.717) is 10.8 Å². The zero-order valence-electron chi connectivity index (χ0n) is 12.2. The van der Waals surface area contributed by atoms with E-state index in [1.54, 1.807) is 4.57 Å². The van der Waals surface area contributed by atoms with Crippen LogP contribution in [0.4, 0.5) is 0 Å². The van der Waals surface area contributed by atoms with E-state index in [1.807, 2.05) is 30.1 Å². The highest BCUT2D eigenvalue weighted by Crippen LogP contribution is 2.20. The van der Waals surface area contributed by atoms with Crippen LogP contribution in [0.15, 0.2) is 18.2 Å². The highest BCUT2D eigenvalue weighted by atomic mass is 35.5. The Kier molecular flexibility index (Phi) is 4.65. The molecule has 4 nitrogen and oxygen atoms in total. The standard InChI is InChI=1S/C15H20ClN3O/c1-4-8-19(9-5-2)14(20)11-6-7-13-12(10-11)17-15(16)18(13)3/h6-7,10H,4-5,8-9H2,1-3H3. The predicted octanol–water partition coefficient (Wildman–Crippen LogP) is 3.49. The second kappa shape index (κ2) is 6.27. The summed E-state index contributed by atoms with van der Waals surface area (Å²) in [5.41, 5.74) is 2.37. The molecule has 5 heteroatoms. The van der Waals surface area contributed by atoms with Crippen LogP contribution < -0.4 is 0 Å². The van der Waals surface area contributed by atoms with Gasteiger partial charge in [-0.05, 0) is 42.6 Å². The van der Waals surface area contributed by atoms with Gasteiger partial charge in [0.25, 0.3) is 5.91 Å². The van der Waals surface area contributed by atoms with Crippen molar-refractivity contribution in [1.82, 2.24) is 14.5 Å². The molecule has 0 atom stereocenters. The third-order valence-electron chi connectivity index (χ3n) is 3.35. The number of aryl methyl sites for hydroxylation is 1. The lowest BCUT2D eigenvalue weighted by Crippen LogP contribution is -2.32. The number of aromatic nitrogens is 2. The Bertz CT molecular complexity index is 615. The molecule has 0 saturated heterocycles. The molecular weight excluding hydrogens is 274 g/mol. The number of benzene rings is 1. The molecule has 0 N–H and O–H groups in total. The molecule has 1 amide bonds. The number of rotatable bonds is 5. The summed E-state index contributed by atoms with van der Waals surface area (Å²) in [5, 5.41) is 0.434. The van der Waals surface area contributed by atoms with Crippen LogP contribution in [0.1, 0.15) is 37.0 Å². The van der Waals surface area contributed by atoms with Crippen molar-refractivity contribution in [3.05, 3.63) is 29.0 Å². The maximum atomic E-state index is 12.5. The molecule has 0 bridgehead atoms. The van der Waals surface area contributed by atoms with Gasteiger partial charge in [-0.2, -0.15) is 0 Å². The van der Waals surface area contributed by atoms with Gasteiger partial charge in [0.15, 0.2) is 0 Å². The van der Waals surface area contributed by atoms with Gasteiger partial charge >= 0.3 is 0 Å². The molecular formula is C15H20ClN3O. The van der Waals surface area contributed by atoms with E-state index in [-0.39, 0.29) is 5.91 Å². The van der Waals surface area contributed by atoms with Gasteiger partial charge in [0, 0.05) is 25.7 Å². The van der Waals surface area contributed by atoms with Crippen LogP contribution in [0.5, 0.6) is 0 Å². The van der Waals surface area contributed by atoms with Crippen LogP contribution in [-0.2, 0) is 7.05 Å². The molecule has 0 spiro atoms. The van der Waals surface area contributed by atoms with Crippen molar-refractivity contribution in [2.24, 2.45) is 7.05 Å². The first-order valence-corrected chi connectivity index (χ1v) is 7.37. The SMILES string of the molecule is CCCN(CCC)C(=O)c1ccc2c(c1)nc(Cl)n2C. The average Bonchev–Trinajstić information content (AvgIpc) is 2.72. The van der Waals surface area contributed by atoms with Gasteiger partial charge in [0.2, 0.25) is 5.28 Å². The lowest BCUT2D eigenvalue weighted by atomic mass is 10.1. The summed E-state index contributed by atoms with van der Waals surface area (Å²) in [7, 11) is 1.86. The smallest absolute Gasteiger partial charge is 0.253 e. The van der Waals surface area contributed by atoms with Crippen LogP contribution in [0.3, 0.4) is 0 Å². The number of imidazole rings is 1. The van der Waals surface area contributed by atoms with E-state index >= 15 is 0 Å². The summed E-state index contributed by atoms with van der Waals surface area (Å²) in [6.45, 7) is 5.73. The maximum absolute atomic E-state index is 12.5. The summed E-state index contributed by atoms with van der Waals surface area (Å²) < 4.78 is 1.81. The zero-order valence-corrected chi connectivity index (χ0v) is 12.9. The van der Waals surface area contributed by atoms with Gasteiger partial charge < -0.3 is 9.47 Å². The quantitative estimate of drug-likeness (QED) is 0.846. The fraction of sp³-hybridized carbons (Fsp3) is 0.467. The van der Waals surface area contributed by atoms with Crippen molar-refractivity contribution in [3.8, 4) is 0 Å². The molecule has 0 saturated carbocycles. The first-order valence-electron chi connectivity index (χ1n) is 6.99. The maximum Gasteiger partial charge on any atom is 0.253 e. The summed E-state index contributed by atoms with van der Waals surface area (Å²) in [5.74, 6) is 0.0670. The van der Waals surface area contributed by atoms with Gasteiger partial charge in [-0.1, -0.05) is 13.8 Å². The van der Waals surface area contributed by atoms with Gasteiger partial charge in [0.1, 0.15) is 0 Å².